The lowest BCUT2D eigenvalue weighted by Gasteiger charge is -2.30. The van der Waals surface area contributed by atoms with E-state index in [1.807, 2.05) is 12.1 Å². The molecule has 1 amide bonds. The van der Waals surface area contributed by atoms with Crippen LogP contribution in [0.5, 0.6) is 0 Å². The van der Waals surface area contributed by atoms with Gasteiger partial charge in [-0.1, -0.05) is 47.5 Å². The number of carbonyl (C=O) groups excluding carboxylic acids is 1. The summed E-state index contributed by atoms with van der Waals surface area (Å²) in [5, 5.41) is 3.42. The minimum absolute atomic E-state index is 0.194. The average molecular weight is 399 g/mol. The molecule has 7 heteroatoms. The van der Waals surface area contributed by atoms with Gasteiger partial charge >= 0.3 is 0 Å². The highest BCUT2D eigenvalue weighted by molar-refractivity contribution is 6.39. The van der Waals surface area contributed by atoms with Crippen LogP contribution >= 0.6 is 23.2 Å². The van der Waals surface area contributed by atoms with E-state index in [-0.39, 0.29) is 5.69 Å². The molecule has 0 saturated carbocycles. The van der Waals surface area contributed by atoms with Gasteiger partial charge in [0.2, 0.25) is 0 Å². The fraction of sp³-hybridized carbons (Fsp3) is 0.150. The van der Waals surface area contributed by atoms with E-state index in [1.54, 1.807) is 24.4 Å². The SMILES string of the molecule is O=C(Nc1c(Cl)cccc1Cl)c1cnc(N2CCCc3ccccc32)cn1. The number of halogens is 2. The van der Waals surface area contributed by atoms with Crippen LogP contribution in [-0.2, 0) is 6.42 Å². The minimum Gasteiger partial charge on any atom is -0.325 e. The van der Waals surface area contributed by atoms with Crippen molar-refractivity contribution in [3.8, 4) is 0 Å². The third kappa shape index (κ3) is 3.61. The molecule has 0 aliphatic carbocycles. The number of para-hydroxylation sites is 2. The second-order valence-corrected chi connectivity index (χ2v) is 7.01. The molecule has 1 aliphatic rings. The molecule has 1 N–H and O–H groups in total. The first-order chi connectivity index (χ1) is 13.1. The van der Waals surface area contributed by atoms with E-state index in [1.165, 1.54) is 11.8 Å². The Morgan fingerprint density at radius 1 is 1.00 bits per heavy atom. The number of rotatable bonds is 3. The van der Waals surface area contributed by atoms with Crippen LogP contribution in [0.2, 0.25) is 10.0 Å². The Kier molecular flexibility index (Phi) is 4.97. The van der Waals surface area contributed by atoms with Gasteiger partial charge in [-0.05, 0) is 36.6 Å². The van der Waals surface area contributed by atoms with E-state index in [0.29, 0.717) is 15.7 Å². The standard InChI is InChI=1S/C20H16Cl2N4O/c21-14-7-3-8-15(22)19(14)25-20(27)16-11-24-18(12-23-16)26-10-4-6-13-5-1-2-9-17(13)26/h1-3,5,7-9,11-12H,4,6,10H2,(H,25,27). The second-order valence-electron chi connectivity index (χ2n) is 6.19. The average Bonchev–Trinajstić information content (AvgIpc) is 2.70. The lowest BCUT2D eigenvalue weighted by molar-refractivity contribution is 0.102. The van der Waals surface area contributed by atoms with Crippen LogP contribution in [0.3, 0.4) is 0 Å². The largest absolute Gasteiger partial charge is 0.325 e. The Bertz CT molecular complexity index is 971. The number of nitrogens with zero attached hydrogens (tertiary/aromatic N) is 3. The first kappa shape index (κ1) is 17.8. The minimum atomic E-state index is -0.414. The van der Waals surface area contributed by atoms with E-state index in [9.17, 15) is 4.79 Å². The lowest BCUT2D eigenvalue weighted by Crippen LogP contribution is -2.25. The van der Waals surface area contributed by atoms with Crippen LogP contribution in [0.15, 0.2) is 54.9 Å². The fourth-order valence-corrected chi connectivity index (χ4v) is 3.64. The number of hydrogen-bond donors (Lipinski definition) is 1. The predicted molar refractivity (Wildman–Crippen MR) is 108 cm³/mol. The summed E-state index contributed by atoms with van der Waals surface area (Å²) in [6.45, 7) is 0.868. The zero-order valence-electron chi connectivity index (χ0n) is 14.3. The van der Waals surface area contributed by atoms with Crippen LogP contribution in [0, 0.1) is 0 Å². The van der Waals surface area contributed by atoms with Crippen LogP contribution < -0.4 is 10.2 Å². The van der Waals surface area contributed by atoms with E-state index in [4.69, 9.17) is 23.2 Å². The Hall–Kier alpha value is -2.63. The van der Waals surface area contributed by atoms with Gasteiger partial charge in [0.05, 0.1) is 28.1 Å². The topological polar surface area (TPSA) is 58.1 Å². The molecule has 4 rings (SSSR count). The summed E-state index contributed by atoms with van der Waals surface area (Å²) >= 11 is 12.2. The quantitative estimate of drug-likeness (QED) is 0.664. The molecule has 1 aliphatic heterocycles. The van der Waals surface area contributed by atoms with Crippen molar-refractivity contribution in [3.05, 3.63) is 76.2 Å². The van der Waals surface area contributed by atoms with Gasteiger partial charge in [0.1, 0.15) is 5.69 Å². The van der Waals surface area contributed by atoms with Crippen LogP contribution in [-0.4, -0.2) is 22.4 Å². The number of anilines is 3. The Labute approximate surface area is 167 Å². The third-order valence-electron chi connectivity index (χ3n) is 4.46. The number of fused-ring (bicyclic) bond motifs is 1. The van der Waals surface area contributed by atoms with Crippen molar-refractivity contribution in [3.63, 3.8) is 0 Å². The van der Waals surface area contributed by atoms with Gasteiger partial charge in [0, 0.05) is 12.2 Å². The Morgan fingerprint density at radius 2 is 1.78 bits per heavy atom. The highest BCUT2D eigenvalue weighted by Crippen LogP contribution is 2.32. The summed E-state index contributed by atoms with van der Waals surface area (Å²) in [7, 11) is 0. The zero-order chi connectivity index (χ0) is 18.8. The molecule has 0 atom stereocenters. The molecular weight excluding hydrogens is 383 g/mol. The smallest absolute Gasteiger partial charge is 0.275 e. The van der Waals surface area contributed by atoms with Crippen molar-refractivity contribution in [2.75, 3.05) is 16.8 Å². The third-order valence-corrected chi connectivity index (χ3v) is 5.09. The number of aryl methyl sites for hydroxylation is 1. The van der Waals surface area contributed by atoms with E-state index >= 15 is 0 Å². The van der Waals surface area contributed by atoms with Gasteiger partial charge in [0.15, 0.2) is 5.82 Å². The molecule has 136 valence electrons. The molecule has 0 spiro atoms. The van der Waals surface area contributed by atoms with Crippen molar-refractivity contribution in [1.29, 1.82) is 0 Å². The molecule has 0 unspecified atom stereocenters. The van der Waals surface area contributed by atoms with Crippen LogP contribution in [0.1, 0.15) is 22.5 Å². The summed E-state index contributed by atoms with van der Waals surface area (Å²) in [6, 6.07) is 13.3. The van der Waals surface area contributed by atoms with Crippen molar-refractivity contribution < 1.29 is 4.79 Å². The first-order valence-electron chi connectivity index (χ1n) is 8.56. The number of hydrogen-bond acceptors (Lipinski definition) is 4. The Morgan fingerprint density at radius 3 is 2.52 bits per heavy atom. The monoisotopic (exact) mass is 398 g/mol. The Balaban J connectivity index is 1.56. The van der Waals surface area contributed by atoms with Crippen molar-refractivity contribution in [1.82, 2.24) is 9.97 Å². The van der Waals surface area contributed by atoms with Crippen LogP contribution in [0.4, 0.5) is 17.2 Å². The van der Waals surface area contributed by atoms with Gasteiger partial charge in [-0.3, -0.25) is 4.79 Å². The lowest BCUT2D eigenvalue weighted by atomic mass is 10.0. The molecule has 0 radical (unpaired) electrons. The number of benzene rings is 2. The fourth-order valence-electron chi connectivity index (χ4n) is 3.14. The summed E-state index contributed by atoms with van der Waals surface area (Å²) in [5.74, 6) is 0.303. The maximum absolute atomic E-state index is 12.5. The molecule has 1 aromatic heterocycles. The van der Waals surface area contributed by atoms with Crippen molar-refractivity contribution >= 4 is 46.3 Å². The van der Waals surface area contributed by atoms with E-state index in [0.717, 1.165) is 30.9 Å². The number of amides is 1. The molecule has 0 bridgehead atoms. The van der Waals surface area contributed by atoms with Crippen molar-refractivity contribution in [2.24, 2.45) is 0 Å². The van der Waals surface area contributed by atoms with Crippen LogP contribution in [0.25, 0.3) is 0 Å². The second kappa shape index (κ2) is 7.55. The maximum atomic E-state index is 12.5. The zero-order valence-corrected chi connectivity index (χ0v) is 15.8. The van der Waals surface area contributed by atoms with Gasteiger partial charge in [-0.2, -0.15) is 0 Å². The number of nitrogens with one attached hydrogen (secondary N) is 1. The maximum Gasteiger partial charge on any atom is 0.275 e. The van der Waals surface area contributed by atoms with Gasteiger partial charge < -0.3 is 10.2 Å². The van der Waals surface area contributed by atoms with Gasteiger partial charge in [0.25, 0.3) is 5.91 Å². The molecular formula is C20H16Cl2N4O. The molecule has 5 nitrogen and oxygen atoms in total. The van der Waals surface area contributed by atoms with E-state index in [2.05, 4.69) is 32.3 Å². The van der Waals surface area contributed by atoms with Crippen molar-refractivity contribution in [2.45, 2.75) is 12.8 Å². The summed E-state index contributed by atoms with van der Waals surface area (Å²) in [5.41, 5.74) is 2.99. The normalized spacial score (nSPS) is 13.2. The van der Waals surface area contributed by atoms with Gasteiger partial charge in [-0.25, -0.2) is 9.97 Å². The number of aromatic nitrogens is 2. The molecule has 3 aromatic rings. The first-order valence-corrected chi connectivity index (χ1v) is 9.32. The predicted octanol–water partition coefficient (Wildman–Crippen LogP) is 5.12. The van der Waals surface area contributed by atoms with E-state index < -0.39 is 5.91 Å². The van der Waals surface area contributed by atoms with Gasteiger partial charge in [-0.15, -0.1) is 0 Å². The summed E-state index contributed by atoms with van der Waals surface area (Å²) < 4.78 is 0. The molecule has 27 heavy (non-hydrogen) atoms. The number of carbonyl (C=O) groups is 1. The molecule has 2 heterocycles. The molecule has 0 fully saturated rings. The molecule has 2 aromatic carbocycles. The summed E-state index contributed by atoms with van der Waals surface area (Å²) in [6.07, 6.45) is 5.18. The summed E-state index contributed by atoms with van der Waals surface area (Å²) in [4.78, 5) is 23.3. The highest BCUT2D eigenvalue weighted by atomic mass is 35.5. The highest BCUT2D eigenvalue weighted by Gasteiger charge is 2.20. The molecule has 0 saturated heterocycles.